The number of anilines is 4. The summed E-state index contributed by atoms with van der Waals surface area (Å²) in [4.78, 5) is 4.36. The van der Waals surface area contributed by atoms with Crippen molar-refractivity contribution in [1.82, 2.24) is 15.2 Å². The standard InChI is InChI=1S/C16H13Cl2N5O/c1-24-14-4-2-3-12(8-14)20-15-9-19-23-16(22-15)21-13-6-10(17)5-11(18)7-13/h2-9H,1H3,(H2,20,21,22,23). The summed E-state index contributed by atoms with van der Waals surface area (Å²) in [7, 11) is 1.61. The minimum Gasteiger partial charge on any atom is -0.497 e. The van der Waals surface area contributed by atoms with Gasteiger partial charge in [0.05, 0.1) is 13.3 Å². The first kappa shape index (κ1) is 16.3. The van der Waals surface area contributed by atoms with Crippen LogP contribution in [0.1, 0.15) is 0 Å². The Morgan fingerprint density at radius 3 is 2.50 bits per heavy atom. The number of hydrogen-bond acceptors (Lipinski definition) is 6. The molecule has 8 heteroatoms. The molecule has 0 amide bonds. The molecule has 2 aromatic carbocycles. The van der Waals surface area contributed by atoms with E-state index in [1.165, 1.54) is 6.20 Å². The van der Waals surface area contributed by atoms with Crippen molar-refractivity contribution in [1.29, 1.82) is 0 Å². The van der Waals surface area contributed by atoms with Crippen molar-refractivity contribution in [2.75, 3.05) is 17.7 Å². The zero-order chi connectivity index (χ0) is 16.9. The van der Waals surface area contributed by atoms with E-state index in [4.69, 9.17) is 27.9 Å². The molecule has 0 fully saturated rings. The molecule has 2 N–H and O–H groups in total. The molecule has 0 atom stereocenters. The van der Waals surface area contributed by atoms with Gasteiger partial charge in [-0.1, -0.05) is 29.3 Å². The highest BCUT2D eigenvalue weighted by molar-refractivity contribution is 6.35. The molecule has 3 rings (SSSR count). The Kier molecular flexibility index (Phi) is 4.98. The van der Waals surface area contributed by atoms with E-state index < -0.39 is 0 Å². The zero-order valence-corrected chi connectivity index (χ0v) is 14.1. The summed E-state index contributed by atoms with van der Waals surface area (Å²) in [5, 5.41) is 15.1. The molecule has 0 spiro atoms. The first-order valence-electron chi connectivity index (χ1n) is 6.96. The first-order valence-corrected chi connectivity index (χ1v) is 7.72. The normalized spacial score (nSPS) is 10.3. The van der Waals surface area contributed by atoms with Crippen LogP contribution in [0.3, 0.4) is 0 Å². The second-order valence-corrected chi connectivity index (χ2v) is 5.68. The quantitative estimate of drug-likeness (QED) is 0.687. The van der Waals surface area contributed by atoms with E-state index >= 15 is 0 Å². The van der Waals surface area contributed by atoms with Crippen molar-refractivity contribution in [3.63, 3.8) is 0 Å². The number of nitrogens with one attached hydrogen (secondary N) is 2. The topological polar surface area (TPSA) is 72.0 Å². The number of rotatable bonds is 5. The van der Waals surface area contributed by atoms with E-state index in [0.717, 1.165) is 11.4 Å². The fourth-order valence-electron chi connectivity index (χ4n) is 2.02. The third-order valence-corrected chi connectivity index (χ3v) is 3.46. The van der Waals surface area contributed by atoms with Crippen LogP contribution in [0.15, 0.2) is 48.7 Å². The van der Waals surface area contributed by atoms with Gasteiger partial charge in [-0.3, -0.25) is 0 Å². The van der Waals surface area contributed by atoms with E-state index in [2.05, 4.69) is 25.8 Å². The maximum Gasteiger partial charge on any atom is 0.249 e. The summed E-state index contributed by atoms with van der Waals surface area (Å²) < 4.78 is 5.19. The third-order valence-electron chi connectivity index (χ3n) is 3.02. The summed E-state index contributed by atoms with van der Waals surface area (Å²) in [5.41, 5.74) is 1.50. The molecular weight excluding hydrogens is 349 g/mol. The van der Waals surface area contributed by atoms with Gasteiger partial charge in [0.1, 0.15) is 5.75 Å². The minimum atomic E-state index is 0.321. The van der Waals surface area contributed by atoms with Crippen molar-refractivity contribution >= 4 is 46.3 Å². The molecule has 3 aromatic rings. The number of methoxy groups -OCH3 is 1. The predicted molar refractivity (Wildman–Crippen MR) is 95.8 cm³/mol. The maximum absolute atomic E-state index is 5.98. The van der Waals surface area contributed by atoms with Crippen LogP contribution in [-0.2, 0) is 0 Å². The van der Waals surface area contributed by atoms with Gasteiger partial charge in [-0.05, 0) is 30.3 Å². The number of aromatic nitrogens is 3. The molecule has 0 radical (unpaired) electrons. The van der Waals surface area contributed by atoms with Crippen molar-refractivity contribution < 1.29 is 4.74 Å². The van der Waals surface area contributed by atoms with Gasteiger partial charge in [-0.25, -0.2) is 0 Å². The smallest absolute Gasteiger partial charge is 0.249 e. The lowest BCUT2D eigenvalue weighted by atomic mass is 10.3. The van der Waals surface area contributed by atoms with Crippen molar-refractivity contribution in [3.05, 3.63) is 58.7 Å². The molecular formula is C16H13Cl2N5O. The molecule has 0 unspecified atom stereocenters. The Labute approximate surface area is 148 Å². The molecule has 0 saturated carbocycles. The van der Waals surface area contributed by atoms with Gasteiger partial charge in [0, 0.05) is 27.5 Å². The van der Waals surface area contributed by atoms with Crippen molar-refractivity contribution in [2.45, 2.75) is 0 Å². The summed E-state index contributed by atoms with van der Waals surface area (Å²) in [5.74, 6) is 1.60. The van der Waals surface area contributed by atoms with Crippen LogP contribution < -0.4 is 15.4 Å². The Balaban J connectivity index is 1.78. The average molecular weight is 362 g/mol. The van der Waals surface area contributed by atoms with Crippen molar-refractivity contribution in [3.8, 4) is 5.75 Å². The number of ether oxygens (including phenoxy) is 1. The van der Waals surface area contributed by atoms with Crippen LogP contribution in [0.5, 0.6) is 5.75 Å². The minimum absolute atomic E-state index is 0.321. The Morgan fingerprint density at radius 1 is 0.958 bits per heavy atom. The van der Waals surface area contributed by atoms with Gasteiger partial charge in [0.25, 0.3) is 0 Å². The summed E-state index contributed by atoms with van der Waals surface area (Å²) in [6.45, 7) is 0. The van der Waals surface area contributed by atoms with E-state index in [0.29, 0.717) is 27.5 Å². The number of hydrogen-bond donors (Lipinski definition) is 2. The molecule has 0 bridgehead atoms. The van der Waals surface area contributed by atoms with Crippen LogP contribution in [0, 0.1) is 0 Å². The maximum atomic E-state index is 5.98. The third kappa shape index (κ3) is 4.24. The number of halogens is 2. The lowest BCUT2D eigenvalue weighted by Gasteiger charge is -2.09. The van der Waals surface area contributed by atoms with E-state index in [9.17, 15) is 0 Å². The average Bonchev–Trinajstić information content (AvgIpc) is 2.54. The molecule has 24 heavy (non-hydrogen) atoms. The highest BCUT2D eigenvalue weighted by Crippen LogP contribution is 2.25. The Bertz CT molecular complexity index is 839. The van der Waals surface area contributed by atoms with Gasteiger partial charge in [0.15, 0.2) is 5.82 Å². The summed E-state index contributed by atoms with van der Waals surface area (Å²) >= 11 is 12.0. The highest BCUT2D eigenvalue weighted by atomic mass is 35.5. The van der Waals surface area contributed by atoms with Crippen molar-refractivity contribution in [2.24, 2.45) is 0 Å². The highest BCUT2D eigenvalue weighted by Gasteiger charge is 2.04. The fraction of sp³-hybridized carbons (Fsp3) is 0.0625. The molecule has 6 nitrogen and oxygen atoms in total. The SMILES string of the molecule is COc1cccc(Nc2cnnc(Nc3cc(Cl)cc(Cl)c3)n2)c1. The zero-order valence-electron chi connectivity index (χ0n) is 12.6. The molecule has 0 aliphatic rings. The Hall–Kier alpha value is -2.57. The van der Waals surface area contributed by atoms with Crippen LogP contribution in [-0.4, -0.2) is 22.3 Å². The predicted octanol–water partition coefficient (Wildman–Crippen LogP) is 4.67. The van der Waals surface area contributed by atoms with Crippen LogP contribution in [0.4, 0.5) is 23.1 Å². The monoisotopic (exact) mass is 361 g/mol. The largest absolute Gasteiger partial charge is 0.497 e. The molecule has 0 saturated heterocycles. The second-order valence-electron chi connectivity index (χ2n) is 4.81. The van der Waals surface area contributed by atoms with Gasteiger partial charge in [0.2, 0.25) is 5.95 Å². The van der Waals surface area contributed by atoms with Crippen LogP contribution in [0.25, 0.3) is 0 Å². The molecule has 1 heterocycles. The lowest BCUT2D eigenvalue weighted by molar-refractivity contribution is 0.415. The van der Waals surface area contributed by atoms with Crippen LogP contribution in [0.2, 0.25) is 10.0 Å². The van der Waals surface area contributed by atoms with Crippen LogP contribution >= 0.6 is 23.2 Å². The van der Waals surface area contributed by atoms with Gasteiger partial charge < -0.3 is 15.4 Å². The summed E-state index contributed by atoms with van der Waals surface area (Å²) in [6.07, 6.45) is 1.52. The molecule has 122 valence electrons. The molecule has 1 aromatic heterocycles. The first-order chi connectivity index (χ1) is 11.6. The van der Waals surface area contributed by atoms with Gasteiger partial charge in [-0.2, -0.15) is 10.1 Å². The van der Waals surface area contributed by atoms with E-state index in [1.54, 1.807) is 25.3 Å². The Morgan fingerprint density at radius 2 is 1.75 bits per heavy atom. The van der Waals surface area contributed by atoms with E-state index in [1.807, 2.05) is 24.3 Å². The molecule has 0 aliphatic carbocycles. The summed E-state index contributed by atoms with van der Waals surface area (Å²) in [6, 6.07) is 12.6. The fourth-order valence-corrected chi connectivity index (χ4v) is 2.55. The number of nitrogens with zero attached hydrogens (tertiary/aromatic N) is 3. The van der Waals surface area contributed by atoms with Gasteiger partial charge in [-0.15, -0.1) is 5.10 Å². The van der Waals surface area contributed by atoms with Gasteiger partial charge >= 0.3 is 0 Å². The number of benzene rings is 2. The molecule has 0 aliphatic heterocycles. The second kappa shape index (κ2) is 7.33. The lowest BCUT2D eigenvalue weighted by Crippen LogP contribution is -2.02. The van der Waals surface area contributed by atoms with E-state index in [-0.39, 0.29) is 0 Å².